The molecule has 0 spiro atoms. The number of fused-ring (bicyclic) bond motifs is 4. The number of nitrogens with two attached hydrogens (primary N) is 1. The Labute approximate surface area is 230 Å². The molecule has 2 aliphatic carbocycles. The van der Waals surface area contributed by atoms with Gasteiger partial charge >= 0.3 is 0 Å². The van der Waals surface area contributed by atoms with Gasteiger partial charge in [-0.3, -0.25) is 0 Å². The van der Waals surface area contributed by atoms with E-state index in [0.717, 1.165) is 55.5 Å². The molecule has 0 unspecified atom stereocenters. The summed E-state index contributed by atoms with van der Waals surface area (Å²) in [5, 5.41) is 21.0. The van der Waals surface area contributed by atoms with Crippen LogP contribution < -0.4 is 16.4 Å². The number of anilines is 3. The fraction of sp³-hybridized carbons (Fsp3) is 0.419. The molecule has 2 heterocycles. The maximum Gasteiger partial charge on any atom is 0.248 e. The Hall–Kier alpha value is -3.78. The normalized spacial score (nSPS) is 16.6. The predicted octanol–water partition coefficient (Wildman–Crippen LogP) is 5.56. The lowest BCUT2D eigenvalue weighted by molar-refractivity contribution is 0.380. The Kier molecular flexibility index (Phi) is 7.28. The molecule has 39 heavy (non-hydrogen) atoms. The first-order valence-corrected chi connectivity index (χ1v) is 14.4. The topological polar surface area (TPSA) is 107 Å². The van der Waals surface area contributed by atoms with Gasteiger partial charge in [0.2, 0.25) is 11.9 Å². The minimum atomic E-state index is 0.283. The van der Waals surface area contributed by atoms with E-state index in [2.05, 4.69) is 87.2 Å². The van der Waals surface area contributed by atoms with Crippen LogP contribution in [0.2, 0.25) is 0 Å². The quantitative estimate of drug-likeness (QED) is 0.273. The summed E-state index contributed by atoms with van der Waals surface area (Å²) in [6, 6.07) is 18.3. The van der Waals surface area contributed by atoms with Crippen LogP contribution in [0.4, 0.5) is 17.6 Å². The number of hydrogen-bond donors (Lipinski definition) is 3. The molecule has 202 valence electrons. The van der Waals surface area contributed by atoms with E-state index in [1.807, 2.05) is 6.07 Å². The number of aryl methyl sites for hydroxylation is 4. The molecular formula is C31H38N8. The average Bonchev–Trinajstić information content (AvgIpc) is 3.10. The highest BCUT2D eigenvalue weighted by Crippen LogP contribution is 2.31. The highest BCUT2D eigenvalue weighted by molar-refractivity contribution is 5.68. The summed E-state index contributed by atoms with van der Waals surface area (Å²) >= 11 is 0. The van der Waals surface area contributed by atoms with Crippen molar-refractivity contribution < 1.29 is 0 Å². The highest BCUT2D eigenvalue weighted by atomic mass is 15.4. The molecule has 6 rings (SSSR count). The van der Waals surface area contributed by atoms with E-state index in [9.17, 15) is 0 Å². The Morgan fingerprint density at radius 3 is 2.54 bits per heavy atom. The molecule has 0 fully saturated rings. The molecule has 0 saturated carbocycles. The van der Waals surface area contributed by atoms with Gasteiger partial charge in [-0.2, -0.15) is 9.67 Å². The molecule has 0 aliphatic heterocycles. The van der Waals surface area contributed by atoms with Crippen LogP contribution in [0.15, 0.2) is 48.5 Å². The number of aromatic nitrogens is 5. The number of nitrogen functional groups attached to an aromatic ring is 1. The van der Waals surface area contributed by atoms with Crippen molar-refractivity contribution in [2.75, 3.05) is 11.1 Å². The highest BCUT2D eigenvalue weighted by Gasteiger charge is 2.21. The molecule has 2 aromatic carbocycles. The minimum Gasteiger partial charge on any atom is -0.368 e. The summed E-state index contributed by atoms with van der Waals surface area (Å²) in [7, 11) is 0. The van der Waals surface area contributed by atoms with Gasteiger partial charge in [0.05, 0.1) is 5.69 Å². The van der Waals surface area contributed by atoms with Crippen LogP contribution in [0.5, 0.6) is 0 Å². The lowest BCUT2D eigenvalue weighted by atomic mass is 10.0. The monoisotopic (exact) mass is 522 g/mol. The van der Waals surface area contributed by atoms with Crippen molar-refractivity contribution in [2.24, 2.45) is 0 Å². The smallest absolute Gasteiger partial charge is 0.248 e. The van der Waals surface area contributed by atoms with Gasteiger partial charge in [-0.25, -0.2) is 0 Å². The van der Waals surface area contributed by atoms with Gasteiger partial charge in [-0.05, 0) is 98.2 Å². The van der Waals surface area contributed by atoms with Gasteiger partial charge in [0.15, 0.2) is 5.82 Å². The molecule has 0 bridgehead atoms. The van der Waals surface area contributed by atoms with Crippen LogP contribution in [0.25, 0.3) is 17.1 Å². The second-order valence-corrected chi connectivity index (χ2v) is 10.9. The van der Waals surface area contributed by atoms with Crippen LogP contribution in [0.3, 0.4) is 0 Å². The fourth-order valence-electron chi connectivity index (χ4n) is 6.06. The average molecular weight is 523 g/mol. The number of rotatable bonds is 7. The van der Waals surface area contributed by atoms with Crippen molar-refractivity contribution >= 4 is 17.6 Å². The second-order valence-electron chi connectivity index (χ2n) is 10.9. The third-order valence-corrected chi connectivity index (χ3v) is 8.32. The number of nitrogens with zero attached hydrogens (tertiary/aromatic N) is 5. The summed E-state index contributed by atoms with van der Waals surface area (Å²) in [6.07, 6.45) is 9.94. The molecular weight excluding hydrogens is 484 g/mol. The van der Waals surface area contributed by atoms with Crippen LogP contribution >= 0.6 is 0 Å². The fourth-order valence-corrected chi connectivity index (χ4v) is 6.06. The molecule has 8 nitrogen and oxygen atoms in total. The van der Waals surface area contributed by atoms with Gasteiger partial charge in [-0.15, -0.1) is 15.3 Å². The molecule has 0 radical (unpaired) electrons. The van der Waals surface area contributed by atoms with Crippen molar-refractivity contribution in [3.8, 4) is 17.1 Å². The number of hydrogen-bond acceptors (Lipinski definition) is 7. The zero-order valence-electron chi connectivity index (χ0n) is 23.0. The van der Waals surface area contributed by atoms with Gasteiger partial charge < -0.3 is 16.4 Å². The number of nitrogens with one attached hydrogen (secondary N) is 2. The third kappa shape index (κ3) is 5.39. The van der Waals surface area contributed by atoms with Gasteiger partial charge in [0.1, 0.15) is 0 Å². The molecule has 2 aliphatic rings. The van der Waals surface area contributed by atoms with Gasteiger partial charge in [-0.1, -0.05) is 44.2 Å². The lowest BCUT2D eigenvalue weighted by Gasteiger charge is -2.23. The maximum absolute atomic E-state index is 6.29. The van der Waals surface area contributed by atoms with E-state index in [1.165, 1.54) is 41.5 Å². The Morgan fingerprint density at radius 2 is 1.69 bits per heavy atom. The Balaban J connectivity index is 1.19. The molecule has 8 heteroatoms. The van der Waals surface area contributed by atoms with Gasteiger partial charge in [0.25, 0.3) is 0 Å². The molecule has 4 N–H and O–H groups in total. The summed E-state index contributed by atoms with van der Waals surface area (Å²) < 4.78 is 1.57. The van der Waals surface area contributed by atoms with E-state index in [0.29, 0.717) is 23.8 Å². The van der Waals surface area contributed by atoms with Crippen molar-refractivity contribution in [1.29, 1.82) is 0 Å². The van der Waals surface area contributed by atoms with E-state index in [4.69, 9.17) is 5.73 Å². The van der Waals surface area contributed by atoms with E-state index in [1.54, 1.807) is 4.68 Å². The van der Waals surface area contributed by atoms with Crippen molar-refractivity contribution in [3.63, 3.8) is 0 Å². The number of benzene rings is 2. The third-order valence-electron chi connectivity index (χ3n) is 8.32. The summed E-state index contributed by atoms with van der Waals surface area (Å²) in [4.78, 5) is 4.48. The van der Waals surface area contributed by atoms with Crippen LogP contribution in [0.1, 0.15) is 68.2 Å². The SMILES string of the molecule is CCC(CC)N[C@@H]1CCc2ccc(Nc3nc(N)n(-c4cc5c(nn4)-c4ccccc4CCC5)n3)cc2CC1. The summed E-state index contributed by atoms with van der Waals surface area (Å²) in [6.45, 7) is 4.54. The zero-order valence-corrected chi connectivity index (χ0v) is 23.0. The maximum atomic E-state index is 6.29. The van der Waals surface area contributed by atoms with Crippen LogP contribution in [-0.4, -0.2) is 37.0 Å². The Bertz CT molecular complexity index is 1450. The lowest BCUT2D eigenvalue weighted by Crippen LogP contribution is -2.37. The van der Waals surface area contributed by atoms with Crippen molar-refractivity contribution in [2.45, 2.75) is 83.7 Å². The molecule has 1 atom stereocenters. The van der Waals surface area contributed by atoms with Crippen molar-refractivity contribution in [3.05, 3.63) is 70.8 Å². The molecule has 0 saturated heterocycles. The Morgan fingerprint density at radius 1 is 0.897 bits per heavy atom. The largest absolute Gasteiger partial charge is 0.368 e. The van der Waals surface area contributed by atoms with Gasteiger partial charge in [0, 0.05) is 23.3 Å². The summed E-state index contributed by atoms with van der Waals surface area (Å²) in [5.41, 5.74) is 14.7. The zero-order chi connectivity index (χ0) is 26.8. The molecule has 2 aromatic heterocycles. The van der Waals surface area contributed by atoms with Crippen LogP contribution in [0, 0.1) is 0 Å². The van der Waals surface area contributed by atoms with Crippen LogP contribution in [-0.2, 0) is 25.7 Å². The minimum absolute atomic E-state index is 0.283. The standard InChI is InChI=1S/C31H38N8/c1-3-24(4-2)33-25-15-12-20-13-17-26(18-22(20)14-16-25)34-31-35-30(32)39(38-31)28-19-23-10-7-9-21-8-5-6-11-27(21)29(23)37-36-28/h5-6,8,11,13,17-19,24-25,33H,3-4,7,9-10,12,14-16H2,1-2H3,(H3,32,34,35,38)/t25-/m1/s1. The first-order valence-electron chi connectivity index (χ1n) is 14.4. The summed E-state index contributed by atoms with van der Waals surface area (Å²) in [5.74, 6) is 1.33. The van der Waals surface area contributed by atoms with Crippen molar-refractivity contribution in [1.82, 2.24) is 30.3 Å². The first-order chi connectivity index (χ1) is 19.1. The van der Waals surface area contributed by atoms with E-state index >= 15 is 0 Å². The van der Waals surface area contributed by atoms with E-state index in [-0.39, 0.29) is 5.95 Å². The second kappa shape index (κ2) is 11.1. The predicted molar refractivity (Wildman–Crippen MR) is 156 cm³/mol. The van der Waals surface area contributed by atoms with E-state index < -0.39 is 0 Å². The molecule has 4 aromatic rings. The molecule has 0 amide bonds. The first kappa shape index (κ1) is 25.5.